The van der Waals surface area contributed by atoms with Gasteiger partial charge in [0.1, 0.15) is 10.4 Å². The summed E-state index contributed by atoms with van der Waals surface area (Å²) in [6.07, 6.45) is 5.33. The van der Waals surface area contributed by atoms with E-state index in [0.29, 0.717) is 19.4 Å². The molecule has 0 aromatic heterocycles. The van der Waals surface area contributed by atoms with E-state index in [-0.39, 0.29) is 28.1 Å². The van der Waals surface area contributed by atoms with E-state index in [0.717, 1.165) is 38.2 Å². The van der Waals surface area contributed by atoms with Crippen molar-refractivity contribution in [1.82, 2.24) is 9.62 Å². The predicted octanol–water partition coefficient (Wildman–Crippen LogP) is 2.64. The van der Waals surface area contributed by atoms with Gasteiger partial charge in [0.2, 0.25) is 10.0 Å². The van der Waals surface area contributed by atoms with Crippen molar-refractivity contribution in [3.05, 3.63) is 28.8 Å². The minimum absolute atomic E-state index is 0.0459. The molecular weight excluding hydrogens is 470 g/mol. The number of nitriles is 1. The molecule has 2 fully saturated rings. The smallest absolute Gasteiger partial charge is 0.338 e. The number of esters is 1. The lowest BCUT2D eigenvalue weighted by Gasteiger charge is -2.38. The first-order valence-electron chi connectivity index (χ1n) is 10.9. The van der Waals surface area contributed by atoms with E-state index >= 15 is 0 Å². The lowest BCUT2D eigenvalue weighted by atomic mass is 9.81. The van der Waals surface area contributed by atoms with Crippen molar-refractivity contribution in [2.24, 2.45) is 0 Å². The Kier molecular flexibility index (Phi) is 8.34. The van der Waals surface area contributed by atoms with Crippen molar-refractivity contribution in [1.29, 1.82) is 5.26 Å². The zero-order valence-electron chi connectivity index (χ0n) is 18.5. The van der Waals surface area contributed by atoms with Crippen LogP contribution in [0.4, 0.5) is 0 Å². The Balaban J connectivity index is 1.64. The summed E-state index contributed by atoms with van der Waals surface area (Å²) in [5.41, 5.74) is -0.946. The molecule has 1 aliphatic heterocycles. The third-order valence-electron chi connectivity index (χ3n) is 6.21. The van der Waals surface area contributed by atoms with Gasteiger partial charge in [-0.1, -0.05) is 30.9 Å². The van der Waals surface area contributed by atoms with Crippen LogP contribution in [0, 0.1) is 11.3 Å². The van der Waals surface area contributed by atoms with Crippen LogP contribution >= 0.6 is 11.6 Å². The van der Waals surface area contributed by atoms with Crippen LogP contribution in [0.1, 0.15) is 55.3 Å². The number of carbonyl (C=O) groups is 2. The Morgan fingerprint density at radius 1 is 1.30 bits per heavy atom. The van der Waals surface area contributed by atoms with Crippen molar-refractivity contribution in [2.45, 2.75) is 61.5 Å². The number of carbonyl (C=O) groups excluding carboxylic acids is 2. The highest BCUT2D eigenvalue weighted by molar-refractivity contribution is 7.89. The fourth-order valence-electron chi connectivity index (χ4n) is 4.13. The first-order valence-corrected chi connectivity index (χ1v) is 12.8. The van der Waals surface area contributed by atoms with Gasteiger partial charge in [0.05, 0.1) is 22.8 Å². The fourth-order valence-corrected chi connectivity index (χ4v) is 5.72. The maximum absolute atomic E-state index is 12.7. The molecule has 3 rings (SSSR count). The van der Waals surface area contributed by atoms with Crippen LogP contribution in [-0.2, 0) is 24.3 Å². The molecule has 1 aromatic rings. The lowest BCUT2D eigenvalue weighted by Crippen LogP contribution is -2.51. The van der Waals surface area contributed by atoms with Crippen molar-refractivity contribution < 1.29 is 27.5 Å². The van der Waals surface area contributed by atoms with Gasteiger partial charge in [0.25, 0.3) is 5.91 Å². The number of benzene rings is 1. The number of hydrogen-bond acceptors (Lipinski definition) is 7. The molecule has 0 spiro atoms. The molecule has 11 heteroatoms. The summed E-state index contributed by atoms with van der Waals surface area (Å²) in [5, 5.41) is 9.58. The van der Waals surface area contributed by atoms with Crippen LogP contribution in [0.3, 0.4) is 0 Å². The molecule has 2 aliphatic rings. The molecule has 1 heterocycles. The van der Waals surface area contributed by atoms with Crippen molar-refractivity contribution >= 4 is 33.5 Å². The van der Waals surface area contributed by atoms with Crippen LogP contribution < -0.4 is 4.72 Å². The molecule has 1 unspecified atom stereocenters. The number of likely N-dealkylation sites (N-methyl/N-ethyl adjacent to an activating group) is 1. The number of nitrogens with one attached hydrogen (secondary N) is 1. The zero-order valence-corrected chi connectivity index (χ0v) is 20.1. The summed E-state index contributed by atoms with van der Waals surface area (Å²) in [6, 6.07) is 5.99. The van der Waals surface area contributed by atoms with Crippen LogP contribution in [0.15, 0.2) is 23.1 Å². The molecule has 1 saturated carbocycles. The SMILES string of the molecule is CN(C(=O)COC(=O)c1ccc(Cl)c(S(=O)(=O)NCC2CCCO2)c1)C1(C#N)CCCCC1. The minimum Gasteiger partial charge on any atom is -0.452 e. The van der Waals surface area contributed by atoms with Crippen molar-refractivity contribution in [3.63, 3.8) is 0 Å². The normalized spacial score (nSPS) is 20.1. The van der Waals surface area contributed by atoms with E-state index in [2.05, 4.69) is 10.8 Å². The number of ether oxygens (including phenoxy) is 2. The molecule has 1 atom stereocenters. The number of halogens is 1. The summed E-state index contributed by atoms with van der Waals surface area (Å²) >= 11 is 6.07. The van der Waals surface area contributed by atoms with E-state index in [1.807, 2.05) is 0 Å². The molecular formula is C22H28ClN3O6S. The highest BCUT2D eigenvalue weighted by atomic mass is 35.5. The third kappa shape index (κ3) is 6.03. The number of amides is 1. The molecule has 1 aliphatic carbocycles. The maximum atomic E-state index is 12.7. The standard InChI is InChI=1S/C22H28ClN3O6S/c1-26(22(15-24)9-3-2-4-10-22)20(27)14-32-21(28)16-7-8-18(23)19(12-16)33(29,30)25-13-17-6-5-11-31-17/h7-8,12,17,25H,2-6,9-11,13-14H2,1H3. The van der Waals surface area contributed by atoms with Crippen LogP contribution in [-0.4, -0.2) is 63.6 Å². The van der Waals surface area contributed by atoms with Gasteiger partial charge in [0, 0.05) is 20.2 Å². The van der Waals surface area contributed by atoms with Crippen LogP contribution in [0.2, 0.25) is 5.02 Å². The van der Waals surface area contributed by atoms with Gasteiger partial charge in [-0.25, -0.2) is 17.9 Å². The van der Waals surface area contributed by atoms with Gasteiger partial charge in [-0.15, -0.1) is 0 Å². The second-order valence-corrected chi connectivity index (χ2v) is 10.5. The van der Waals surface area contributed by atoms with Crippen molar-refractivity contribution in [3.8, 4) is 6.07 Å². The maximum Gasteiger partial charge on any atom is 0.338 e. The Bertz CT molecular complexity index is 1030. The highest BCUT2D eigenvalue weighted by Crippen LogP contribution is 2.32. The average molecular weight is 498 g/mol. The first kappa shape index (κ1) is 25.4. The van der Waals surface area contributed by atoms with Gasteiger partial charge in [-0.2, -0.15) is 5.26 Å². The summed E-state index contributed by atoms with van der Waals surface area (Å²) in [7, 11) is -2.45. The van der Waals surface area contributed by atoms with Crippen LogP contribution in [0.5, 0.6) is 0 Å². The van der Waals surface area contributed by atoms with E-state index in [9.17, 15) is 23.3 Å². The number of rotatable bonds is 8. The van der Waals surface area contributed by atoms with Gasteiger partial charge < -0.3 is 14.4 Å². The lowest BCUT2D eigenvalue weighted by molar-refractivity contribution is -0.138. The van der Waals surface area contributed by atoms with Crippen molar-refractivity contribution in [2.75, 3.05) is 26.8 Å². The molecule has 33 heavy (non-hydrogen) atoms. The molecule has 1 amide bonds. The Morgan fingerprint density at radius 2 is 2.03 bits per heavy atom. The monoisotopic (exact) mass is 497 g/mol. The largest absolute Gasteiger partial charge is 0.452 e. The average Bonchev–Trinajstić information content (AvgIpc) is 3.35. The quantitative estimate of drug-likeness (QED) is 0.547. The topological polar surface area (TPSA) is 126 Å². The van der Waals surface area contributed by atoms with E-state index in [1.54, 1.807) is 0 Å². The van der Waals surface area contributed by atoms with E-state index in [1.165, 1.54) is 24.1 Å². The minimum atomic E-state index is -3.99. The molecule has 1 saturated heterocycles. The van der Waals surface area contributed by atoms with Gasteiger partial charge in [-0.3, -0.25) is 4.79 Å². The van der Waals surface area contributed by atoms with Gasteiger partial charge in [-0.05, 0) is 43.9 Å². The summed E-state index contributed by atoms with van der Waals surface area (Å²) in [5.74, 6) is -1.36. The molecule has 9 nitrogen and oxygen atoms in total. The number of nitrogens with zero attached hydrogens (tertiary/aromatic N) is 2. The zero-order chi connectivity index (χ0) is 24.1. The predicted molar refractivity (Wildman–Crippen MR) is 120 cm³/mol. The molecule has 0 bridgehead atoms. The Morgan fingerprint density at radius 3 is 2.67 bits per heavy atom. The molecule has 1 N–H and O–H groups in total. The fraction of sp³-hybridized carbons (Fsp3) is 0.591. The third-order valence-corrected chi connectivity index (χ3v) is 8.12. The van der Waals surface area contributed by atoms with Gasteiger partial charge >= 0.3 is 5.97 Å². The van der Waals surface area contributed by atoms with E-state index in [4.69, 9.17) is 21.1 Å². The molecule has 180 valence electrons. The first-order chi connectivity index (χ1) is 15.7. The summed E-state index contributed by atoms with van der Waals surface area (Å²) in [6.45, 7) is 0.146. The number of hydrogen-bond donors (Lipinski definition) is 1. The Hall–Kier alpha value is -2.19. The second-order valence-electron chi connectivity index (χ2n) is 8.37. The summed E-state index contributed by atoms with van der Waals surface area (Å²) < 4.78 is 38.4. The molecule has 1 aromatic carbocycles. The van der Waals surface area contributed by atoms with Crippen LogP contribution in [0.25, 0.3) is 0 Å². The van der Waals surface area contributed by atoms with Gasteiger partial charge in [0.15, 0.2) is 6.61 Å². The van der Waals surface area contributed by atoms with E-state index < -0.39 is 34.0 Å². The molecule has 0 radical (unpaired) electrons. The Labute approximate surface area is 199 Å². The number of sulfonamides is 1. The second kappa shape index (κ2) is 10.8. The summed E-state index contributed by atoms with van der Waals surface area (Å²) in [4.78, 5) is 26.2. The highest BCUT2D eigenvalue weighted by Gasteiger charge is 2.39.